The molecule has 120 valence electrons. The van der Waals surface area contributed by atoms with Crippen LogP contribution in [0.4, 0.5) is 5.88 Å². The lowest BCUT2D eigenvalue weighted by molar-refractivity contribution is -0.401. The minimum absolute atomic E-state index is 0. The summed E-state index contributed by atoms with van der Waals surface area (Å²) in [5.74, 6) is 0.728. The van der Waals surface area contributed by atoms with Crippen molar-refractivity contribution < 1.29 is 14.1 Å². The average Bonchev–Trinajstić information content (AvgIpc) is 2.98. The molecule has 0 aliphatic rings. The molecule has 0 aliphatic heterocycles. The first-order valence-corrected chi connectivity index (χ1v) is 6.61. The predicted molar refractivity (Wildman–Crippen MR) is 82.3 cm³/mol. The van der Waals surface area contributed by atoms with Gasteiger partial charge in [-0.05, 0) is 19.0 Å². The van der Waals surface area contributed by atoms with E-state index in [4.69, 9.17) is 9.15 Å². The van der Waals surface area contributed by atoms with Crippen molar-refractivity contribution in [1.29, 1.82) is 0 Å². The largest absolute Gasteiger partial charge is 0.489 e. The van der Waals surface area contributed by atoms with Crippen LogP contribution in [0.5, 0.6) is 5.75 Å². The lowest BCUT2D eigenvalue weighted by Gasteiger charge is -2.06. The SMILES string of the molecule is CCCNCCOc1cnc(-c2ccc([N+](=O)[O-])o2)nc1.Cl. The van der Waals surface area contributed by atoms with Gasteiger partial charge >= 0.3 is 5.88 Å². The molecule has 0 bridgehead atoms. The summed E-state index contributed by atoms with van der Waals surface area (Å²) in [7, 11) is 0. The lowest BCUT2D eigenvalue weighted by atomic mass is 10.4. The van der Waals surface area contributed by atoms with E-state index in [0.29, 0.717) is 12.4 Å². The standard InChI is InChI=1S/C13H16N4O4.ClH/c1-2-5-14-6-7-20-10-8-15-13(16-9-10)11-3-4-12(21-11)17(18)19;/h3-4,8-9,14H,2,5-7H2,1H3;1H. The molecule has 0 saturated heterocycles. The van der Waals surface area contributed by atoms with E-state index in [1.165, 1.54) is 24.5 Å². The summed E-state index contributed by atoms with van der Waals surface area (Å²) in [6, 6.07) is 2.73. The van der Waals surface area contributed by atoms with Gasteiger partial charge in [0.25, 0.3) is 0 Å². The highest BCUT2D eigenvalue weighted by atomic mass is 35.5. The smallest absolute Gasteiger partial charge is 0.433 e. The first kappa shape index (κ1) is 17.9. The van der Waals surface area contributed by atoms with Gasteiger partial charge in [-0.25, -0.2) is 9.97 Å². The molecule has 0 unspecified atom stereocenters. The van der Waals surface area contributed by atoms with Gasteiger partial charge in [0.1, 0.15) is 11.5 Å². The number of nitrogens with zero attached hydrogens (tertiary/aromatic N) is 3. The maximum absolute atomic E-state index is 10.5. The van der Waals surface area contributed by atoms with Gasteiger partial charge in [-0.3, -0.25) is 10.1 Å². The molecule has 0 aromatic carbocycles. The van der Waals surface area contributed by atoms with Crippen LogP contribution in [-0.2, 0) is 0 Å². The van der Waals surface area contributed by atoms with Crippen LogP contribution in [-0.4, -0.2) is 34.6 Å². The number of ether oxygens (including phenoxy) is 1. The second-order valence-electron chi connectivity index (χ2n) is 4.24. The normalized spacial score (nSPS) is 10.0. The van der Waals surface area contributed by atoms with Crippen LogP contribution < -0.4 is 10.1 Å². The molecule has 0 aliphatic carbocycles. The number of aromatic nitrogens is 2. The fourth-order valence-electron chi connectivity index (χ4n) is 1.61. The molecule has 0 amide bonds. The van der Waals surface area contributed by atoms with Crippen LogP contribution >= 0.6 is 12.4 Å². The van der Waals surface area contributed by atoms with Gasteiger partial charge < -0.3 is 14.5 Å². The molecule has 8 nitrogen and oxygen atoms in total. The van der Waals surface area contributed by atoms with Crippen molar-refractivity contribution in [3.05, 3.63) is 34.6 Å². The Morgan fingerprint density at radius 3 is 2.64 bits per heavy atom. The van der Waals surface area contributed by atoms with Gasteiger partial charge in [0, 0.05) is 6.54 Å². The third-order valence-electron chi connectivity index (χ3n) is 2.59. The zero-order chi connectivity index (χ0) is 15.1. The topological polar surface area (TPSA) is 103 Å². The van der Waals surface area contributed by atoms with E-state index >= 15 is 0 Å². The van der Waals surface area contributed by atoms with Gasteiger partial charge in [0.05, 0.1) is 18.5 Å². The van der Waals surface area contributed by atoms with Crippen molar-refractivity contribution in [3.8, 4) is 17.3 Å². The zero-order valence-electron chi connectivity index (χ0n) is 12.0. The first-order chi connectivity index (χ1) is 10.2. The number of rotatable bonds is 8. The molecule has 0 saturated carbocycles. The number of hydrogen-bond acceptors (Lipinski definition) is 7. The number of halogens is 1. The second-order valence-corrected chi connectivity index (χ2v) is 4.24. The Hall–Kier alpha value is -2.19. The molecule has 2 heterocycles. The van der Waals surface area contributed by atoms with Gasteiger partial charge in [0.15, 0.2) is 17.3 Å². The van der Waals surface area contributed by atoms with Gasteiger partial charge in [0.2, 0.25) is 0 Å². The third-order valence-corrected chi connectivity index (χ3v) is 2.59. The Balaban J connectivity index is 0.00000242. The minimum atomic E-state index is -0.607. The van der Waals surface area contributed by atoms with Crippen molar-refractivity contribution in [2.75, 3.05) is 19.7 Å². The van der Waals surface area contributed by atoms with Crippen molar-refractivity contribution >= 4 is 18.3 Å². The summed E-state index contributed by atoms with van der Waals surface area (Å²) in [6.45, 7) is 4.32. The van der Waals surface area contributed by atoms with Crippen LogP contribution in [0, 0.1) is 10.1 Å². The fraction of sp³-hybridized carbons (Fsp3) is 0.385. The van der Waals surface area contributed by atoms with Crippen LogP contribution in [0.3, 0.4) is 0 Å². The molecule has 0 spiro atoms. The van der Waals surface area contributed by atoms with Gasteiger partial charge in [-0.1, -0.05) is 6.92 Å². The van der Waals surface area contributed by atoms with Crippen molar-refractivity contribution in [2.24, 2.45) is 0 Å². The van der Waals surface area contributed by atoms with Crippen LogP contribution in [0.2, 0.25) is 0 Å². The molecule has 1 N–H and O–H groups in total. The summed E-state index contributed by atoms with van der Waals surface area (Å²) >= 11 is 0. The zero-order valence-corrected chi connectivity index (χ0v) is 12.8. The highest BCUT2D eigenvalue weighted by Gasteiger charge is 2.14. The molecule has 0 fully saturated rings. The van der Waals surface area contributed by atoms with Gasteiger partial charge in [-0.15, -0.1) is 12.4 Å². The molecule has 9 heteroatoms. The van der Waals surface area contributed by atoms with E-state index in [-0.39, 0.29) is 29.9 Å². The summed E-state index contributed by atoms with van der Waals surface area (Å²) < 4.78 is 10.5. The Morgan fingerprint density at radius 2 is 2.05 bits per heavy atom. The van der Waals surface area contributed by atoms with Crippen molar-refractivity contribution in [3.63, 3.8) is 0 Å². The minimum Gasteiger partial charge on any atom is -0.489 e. The van der Waals surface area contributed by atoms with E-state index in [1.54, 1.807) is 0 Å². The monoisotopic (exact) mass is 328 g/mol. The molecule has 2 rings (SSSR count). The van der Waals surface area contributed by atoms with E-state index in [2.05, 4.69) is 22.2 Å². The van der Waals surface area contributed by atoms with E-state index in [1.807, 2.05) is 0 Å². The lowest BCUT2D eigenvalue weighted by Crippen LogP contribution is -2.21. The maximum Gasteiger partial charge on any atom is 0.433 e. The molecule has 22 heavy (non-hydrogen) atoms. The molecular formula is C13H17ClN4O4. The Bertz CT molecular complexity index is 588. The first-order valence-electron chi connectivity index (χ1n) is 6.61. The van der Waals surface area contributed by atoms with Crippen molar-refractivity contribution in [2.45, 2.75) is 13.3 Å². The molecule has 2 aromatic heterocycles. The van der Waals surface area contributed by atoms with Crippen LogP contribution in [0.1, 0.15) is 13.3 Å². The summed E-state index contributed by atoms with van der Waals surface area (Å²) in [5.41, 5.74) is 0. The summed E-state index contributed by atoms with van der Waals surface area (Å²) in [6.07, 6.45) is 4.10. The van der Waals surface area contributed by atoms with Gasteiger partial charge in [-0.2, -0.15) is 0 Å². The Labute approximate surface area is 133 Å². The third kappa shape index (κ3) is 4.97. The summed E-state index contributed by atoms with van der Waals surface area (Å²) in [4.78, 5) is 18.1. The molecule has 2 aromatic rings. The fourth-order valence-corrected chi connectivity index (χ4v) is 1.61. The van der Waals surface area contributed by atoms with Crippen LogP contribution in [0.25, 0.3) is 11.6 Å². The second kappa shape index (κ2) is 8.96. The van der Waals surface area contributed by atoms with Crippen molar-refractivity contribution in [1.82, 2.24) is 15.3 Å². The highest BCUT2D eigenvalue weighted by molar-refractivity contribution is 5.85. The number of furan rings is 1. The van der Waals surface area contributed by atoms with E-state index < -0.39 is 4.92 Å². The quantitative estimate of drug-likeness (QED) is 0.451. The summed E-state index contributed by atoms with van der Waals surface area (Å²) in [5, 5.41) is 13.7. The number of nitro groups is 1. The molecular weight excluding hydrogens is 312 g/mol. The maximum atomic E-state index is 10.5. The Kier molecular flexibility index (Phi) is 7.27. The predicted octanol–water partition coefficient (Wildman–Crippen LogP) is 2.45. The van der Waals surface area contributed by atoms with Crippen LogP contribution in [0.15, 0.2) is 28.9 Å². The Morgan fingerprint density at radius 1 is 1.32 bits per heavy atom. The number of nitrogens with one attached hydrogen (secondary N) is 1. The van der Waals surface area contributed by atoms with E-state index in [9.17, 15) is 10.1 Å². The molecule has 0 atom stereocenters. The number of hydrogen-bond donors (Lipinski definition) is 1. The average molecular weight is 329 g/mol. The molecule has 0 radical (unpaired) electrons. The highest BCUT2D eigenvalue weighted by Crippen LogP contribution is 2.23. The van der Waals surface area contributed by atoms with E-state index in [0.717, 1.165) is 19.5 Å².